The lowest BCUT2D eigenvalue weighted by Crippen LogP contribution is -2.39. The third-order valence-corrected chi connectivity index (χ3v) is 4.58. The van der Waals surface area contributed by atoms with E-state index in [1.54, 1.807) is 35.5 Å². The van der Waals surface area contributed by atoms with Gasteiger partial charge in [0.05, 0.1) is 28.4 Å². The summed E-state index contributed by atoms with van der Waals surface area (Å²) in [6.45, 7) is 1.44. The summed E-state index contributed by atoms with van der Waals surface area (Å²) in [6, 6.07) is 11.9. The number of ether oxygens (including phenoxy) is 4. The molecule has 29 heavy (non-hydrogen) atoms. The van der Waals surface area contributed by atoms with Gasteiger partial charge in [-0.1, -0.05) is 24.3 Å². The molecule has 7 nitrogen and oxygen atoms in total. The van der Waals surface area contributed by atoms with E-state index in [0.29, 0.717) is 23.8 Å². The van der Waals surface area contributed by atoms with Crippen molar-refractivity contribution in [2.24, 2.45) is 4.99 Å². The molecule has 0 saturated heterocycles. The van der Waals surface area contributed by atoms with Crippen molar-refractivity contribution in [1.29, 1.82) is 0 Å². The number of nitrogens with one attached hydrogen (secondary N) is 2. The highest BCUT2D eigenvalue weighted by Crippen LogP contribution is 2.39. The lowest BCUT2D eigenvalue weighted by Gasteiger charge is -2.17. The van der Waals surface area contributed by atoms with Crippen molar-refractivity contribution >= 4 is 5.96 Å². The Bertz CT molecular complexity index is 809. The predicted molar refractivity (Wildman–Crippen MR) is 116 cm³/mol. The van der Waals surface area contributed by atoms with E-state index in [2.05, 4.69) is 21.7 Å². The molecule has 2 N–H and O–H groups in total. The number of hydrogen-bond acceptors (Lipinski definition) is 5. The van der Waals surface area contributed by atoms with E-state index < -0.39 is 0 Å². The van der Waals surface area contributed by atoms with Crippen LogP contribution < -0.4 is 29.6 Å². The molecule has 0 spiro atoms. The second kappa shape index (κ2) is 11.7. The van der Waals surface area contributed by atoms with Crippen LogP contribution in [0.15, 0.2) is 41.4 Å². The van der Waals surface area contributed by atoms with Gasteiger partial charge in [-0.05, 0) is 30.5 Å². The molecule has 0 aromatic heterocycles. The van der Waals surface area contributed by atoms with Crippen LogP contribution in [0.4, 0.5) is 0 Å². The Morgan fingerprint density at radius 3 is 1.93 bits per heavy atom. The zero-order valence-corrected chi connectivity index (χ0v) is 17.9. The van der Waals surface area contributed by atoms with Gasteiger partial charge < -0.3 is 29.6 Å². The van der Waals surface area contributed by atoms with Crippen molar-refractivity contribution in [1.82, 2.24) is 10.6 Å². The van der Waals surface area contributed by atoms with Crippen LogP contribution in [0.1, 0.15) is 11.1 Å². The van der Waals surface area contributed by atoms with E-state index in [-0.39, 0.29) is 0 Å². The number of methoxy groups -OCH3 is 4. The van der Waals surface area contributed by atoms with Crippen molar-refractivity contribution in [2.75, 3.05) is 48.6 Å². The third-order valence-electron chi connectivity index (χ3n) is 4.58. The highest BCUT2D eigenvalue weighted by molar-refractivity contribution is 5.79. The van der Waals surface area contributed by atoms with Crippen molar-refractivity contribution < 1.29 is 18.9 Å². The fraction of sp³-hybridized carbons (Fsp3) is 0.409. The molecule has 0 unspecified atom stereocenters. The molecule has 158 valence electrons. The smallest absolute Gasteiger partial charge is 0.203 e. The molecule has 2 aromatic rings. The Labute approximate surface area is 173 Å². The maximum atomic E-state index is 5.54. The molecular weight excluding hydrogens is 370 g/mol. The number of hydrogen-bond donors (Lipinski definition) is 2. The Morgan fingerprint density at radius 1 is 0.724 bits per heavy atom. The molecule has 0 aliphatic rings. The summed E-state index contributed by atoms with van der Waals surface area (Å²) in [4.78, 5) is 4.28. The molecule has 0 bridgehead atoms. The van der Waals surface area contributed by atoms with Crippen LogP contribution in [0.5, 0.6) is 23.0 Å². The first-order chi connectivity index (χ1) is 14.2. The van der Waals surface area contributed by atoms with Crippen molar-refractivity contribution in [3.05, 3.63) is 47.5 Å². The molecule has 0 heterocycles. The maximum Gasteiger partial charge on any atom is 0.203 e. The molecule has 0 atom stereocenters. The van der Waals surface area contributed by atoms with Crippen molar-refractivity contribution in [2.45, 2.75) is 12.8 Å². The number of aliphatic imine (C=N–C) groups is 1. The van der Waals surface area contributed by atoms with Gasteiger partial charge in [0.15, 0.2) is 17.5 Å². The quantitative estimate of drug-likeness (QED) is 0.471. The topological polar surface area (TPSA) is 73.3 Å². The number of nitrogens with zero attached hydrogens (tertiary/aromatic N) is 1. The molecular formula is C22H31N3O4. The van der Waals surface area contributed by atoms with Crippen LogP contribution in [0, 0.1) is 0 Å². The lowest BCUT2D eigenvalue weighted by molar-refractivity contribution is 0.322. The lowest BCUT2D eigenvalue weighted by atomic mass is 10.1. The highest BCUT2D eigenvalue weighted by Gasteiger charge is 2.15. The Morgan fingerprint density at radius 2 is 1.34 bits per heavy atom. The first-order valence-electron chi connectivity index (χ1n) is 9.52. The van der Waals surface area contributed by atoms with Gasteiger partial charge in [-0.25, -0.2) is 0 Å². The summed E-state index contributed by atoms with van der Waals surface area (Å²) < 4.78 is 21.7. The predicted octanol–water partition coefficient (Wildman–Crippen LogP) is 2.67. The zero-order valence-electron chi connectivity index (χ0n) is 17.9. The molecule has 0 radical (unpaired) electrons. The van der Waals surface area contributed by atoms with Crippen LogP contribution in [-0.4, -0.2) is 54.5 Å². The van der Waals surface area contributed by atoms with E-state index in [0.717, 1.165) is 42.2 Å². The van der Waals surface area contributed by atoms with Crippen molar-refractivity contribution in [3.63, 3.8) is 0 Å². The average Bonchev–Trinajstić information content (AvgIpc) is 2.77. The number of benzene rings is 2. The molecule has 2 rings (SSSR count). The summed E-state index contributed by atoms with van der Waals surface area (Å²) in [7, 11) is 8.30. The number of rotatable bonds is 10. The largest absolute Gasteiger partial charge is 0.496 e. The Balaban J connectivity index is 1.89. The first kappa shape index (κ1) is 22.2. The van der Waals surface area contributed by atoms with Gasteiger partial charge in [-0.15, -0.1) is 0 Å². The summed E-state index contributed by atoms with van der Waals surface area (Å²) in [5.41, 5.74) is 2.19. The number of para-hydroxylation sites is 1. The van der Waals surface area contributed by atoms with Crippen LogP contribution in [0.25, 0.3) is 0 Å². The Hall–Kier alpha value is -3.09. The fourth-order valence-corrected chi connectivity index (χ4v) is 3.12. The minimum Gasteiger partial charge on any atom is -0.496 e. The third kappa shape index (κ3) is 5.94. The van der Waals surface area contributed by atoms with Crippen LogP contribution in [-0.2, 0) is 12.8 Å². The molecule has 0 amide bonds. The standard InChI is InChI=1S/C22H31N3O4/c1-23-22(24-14-12-16-8-6-7-9-18(16)26-2)25-15-13-17-10-11-19(27-3)21(29-5)20(17)28-4/h6-11H,12-15H2,1-5H3,(H2,23,24,25). The van der Waals surface area contributed by atoms with E-state index in [9.17, 15) is 0 Å². The molecule has 0 saturated carbocycles. The van der Waals surface area contributed by atoms with Gasteiger partial charge in [-0.2, -0.15) is 0 Å². The van der Waals surface area contributed by atoms with Crippen LogP contribution >= 0.6 is 0 Å². The summed E-state index contributed by atoms with van der Waals surface area (Å²) in [5.74, 6) is 3.59. The summed E-state index contributed by atoms with van der Waals surface area (Å²) in [6.07, 6.45) is 1.59. The van der Waals surface area contributed by atoms with E-state index in [1.807, 2.05) is 30.3 Å². The molecule has 7 heteroatoms. The monoisotopic (exact) mass is 401 g/mol. The number of guanidine groups is 1. The van der Waals surface area contributed by atoms with E-state index in [1.165, 1.54) is 0 Å². The highest BCUT2D eigenvalue weighted by atomic mass is 16.5. The fourth-order valence-electron chi connectivity index (χ4n) is 3.12. The van der Waals surface area contributed by atoms with Gasteiger partial charge in [0.2, 0.25) is 5.75 Å². The van der Waals surface area contributed by atoms with Gasteiger partial charge in [0, 0.05) is 25.7 Å². The van der Waals surface area contributed by atoms with Gasteiger partial charge in [0.25, 0.3) is 0 Å². The van der Waals surface area contributed by atoms with E-state index >= 15 is 0 Å². The SMILES string of the molecule is CN=C(NCCc1ccccc1OC)NCCc1ccc(OC)c(OC)c1OC. The second-order valence-corrected chi connectivity index (χ2v) is 6.23. The van der Waals surface area contributed by atoms with Gasteiger partial charge in [0.1, 0.15) is 5.75 Å². The van der Waals surface area contributed by atoms with Crippen LogP contribution in [0.3, 0.4) is 0 Å². The normalized spacial score (nSPS) is 11.0. The molecule has 0 aliphatic heterocycles. The molecule has 0 fully saturated rings. The second-order valence-electron chi connectivity index (χ2n) is 6.23. The molecule has 0 aliphatic carbocycles. The van der Waals surface area contributed by atoms with Crippen LogP contribution in [0.2, 0.25) is 0 Å². The summed E-state index contributed by atoms with van der Waals surface area (Å²) >= 11 is 0. The minimum absolute atomic E-state index is 0.604. The summed E-state index contributed by atoms with van der Waals surface area (Å²) in [5, 5.41) is 6.66. The average molecular weight is 402 g/mol. The minimum atomic E-state index is 0.604. The zero-order chi connectivity index (χ0) is 21.1. The first-order valence-corrected chi connectivity index (χ1v) is 9.52. The maximum absolute atomic E-state index is 5.54. The van der Waals surface area contributed by atoms with Gasteiger partial charge in [-0.3, -0.25) is 4.99 Å². The van der Waals surface area contributed by atoms with E-state index in [4.69, 9.17) is 18.9 Å². The van der Waals surface area contributed by atoms with Crippen molar-refractivity contribution in [3.8, 4) is 23.0 Å². The Kier molecular flexibility index (Phi) is 8.95. The molecule has 2 aromatic carbocycles. The van der Waals surface area contributed by atoms with Gasteiger partial charge >= 0.3 is 0 Å².